The van der Waals surface area contributed by atoms with Gasteiger partial charge in [-0.15, -0.1) is 0 Å². The van der Waals surface area contributed by atoms with Gasteiger partial charge in [-0.3, -0.25) is 4.79 Å². The van der Waals surface area contributed by atoms with Gasteiger partial charge in [-0.1, -0.05) is 34.6 Å². The summed E-state index contributed by atoms with van der Waals surface area (Å²) in [6.45, 7) is 11.4. The van der Waals surface area contributed by atoms with E-state index in [1.54, 1.807) is 0 Å². The molecule has 1 rings (SSSR count). The predicted octanol–water partition coefficient (Wildman–Crippen LogP) is 3.91. The number of hydrogen-bond donors (Lipinski definition) is 0. The van der Waals surface area contributed by atoms with Crippen molar-refractivity contribution in [2.45, 2.75) is 64.4 Å². The lowest BCUT2D eigenvalue weighted by Gasteiger charge is -2.40. The Morgan fingerprint density at radius 3 is 2.40 bits per heavy atom. The highest BCUT2D eigenvalue weighted by Gasteiger charge is 2.37. The second-order valence-corrected chi connectivity index (χ2v) is 7.80. The Morgan fingerprint density at radius 1 is 1.33 bits per heavy atom. The highest BCUT2D eigenvalue weighted by Crippen LogP contribution is 2.43. The minimum absolute atomic E-state index is 0.341. The molecule has 0 aliphatic heterocycles. The number of carbonyl (C=O) groups is 1. The van der Waals surface area contributed by atoms with E-state index in [1.165, 1.54) is 0 Å². The lowest BCUT2D eigenvalue weighted by molar-refractivity contribution is -0.121. The van der Waals surface area contributed by atoms with Crippen LogP contribution in [0.3, 0.4) is 0 Å². The first-order chi connectivity index (χ1) is 6.80. The molecule has 0 heterocycles. The number of ketones is 1. The Labute approximate surface area is 98.4 Å². The normalized spacial score (nSPS) is 28.5. The molecule has 0 N–H and O–H groups in total. The van der Waals surface area contributed by atoms with Crippen molar-refractivity contribution in [1.82, 2.24) is 0 Å². The van der Waals surface area contributed by atoms with Crippen LogP contribution in [-0.4, -0.2) is 16.3 Å². The second-order valence-electron chi connectivity index (χ2n) is 5.98. The maximum Gasteiger partial charge on any atom is 0.134 e. The molecule has 88 valence electrons. The van der Waals surface area contributed by atoms with E-state index in [-0.39, 0.29) is 0 Å². The Bertz CT molecular complexity index is 227. The third-order valence-electron chi connectivity index (χ3n) is 3.17. The van der Waals surface area contributed by atoms with Gasteiger partial charge in [0.05, 0.1) is 0 Å². The molecule has 15 heavy (non-hydrogen) atoms. The maximum absolute atomic E-state index is 11.5. The molecule has 1 fully saturated rings. The molecule has 0 radical (unpaired) electrons. The van der Waals surface area contributed by atoms with Gasteiger partial charge in [-0.2, -0.15) is 11.8 Å². The van der Waals surface area contributed by atoms with Gasteiger partial charge in [0.15, 0.2) is 0 Å². The SMILES string of the molecule is CC(C)SC1CC(=O)CCC1C(C)(C)C. The Hall–Kier alpha value is 0.0200. The fourth-order valence-corrected chi connectivity index (χ4v) is 4.17. The molecule has 1 aliphatic carbocycles. The minimum atomic E-state index is 0.341. The van der Waals surface area contributed by atoms with E-state index in [0.717, 1.165) is 19.3 Å². The average Bonchev–Trinajstić information content (AvgIpc) is 1.99. The molecule has 2 atom stereocenters. The molecule has 0 aromatic carbocycles. The van der Waals surface area contributed by atoms with Crippen LogP contribution in [0.5, 0.6) is 0 Å². The standard InChI is InChI=1S/C13H24OS/c1-9(2)15-12-8-10(14)6-7-11(12)13(3,4)5/h9,11-12H,6-8H2,1-5H3. The van der Waals surface area contributed by atoms with Gasteiger partial charge in [0.2, 0.25) is 0 Å². The van der Waals surface area contributed by atoms with Crippen molar-refractivity contribution in [1.29, 1.82) is 0 Å². The van der Waals surface area contributed by atoms with Crippen molar-refractivity contribution < 1.29 is 4.79 Å². The number of hydrogen-bond acceptors (Lipinski definition) is 2. The number of rotatable bonds is 2. The lowest BCUT2D eigenvalue weighted by atomic mass is 9.72. The van der Waals surface area contributed by atoms with Crippen LogP contribution in [0.25, 0.3) is 0 Å². The van der Waals surface area contributed by atoms with Crippen LogP contribution < -0.4 is 0 Å². The summed E-state index contributed by atoms with van der Waals surface area (Å²) in [6, 6.07) is 0. The van der Waals surface area contributed by atoms with Crippen LogP contribution in [0.15, 0.2) is 0 Å². The van der Waals surface area contributed by atoms with Crippen molar-refractivity contribution in [2.75, 3.05) is 0 Å². The van der Waals surface area contributed by atoms with Gasteiger partial charge in [-0.25, -0.2) is 0 Å². The lowest BCUT2D eigenvalue weighted by Crippen LogP contribution is -2.36. The molecule has 2 heteroatoms. The fraction of sp³-hybridized carbons (Fsp3) is 0.923. The molecule has 0 saturated heterocycles. The number of Topliss-reactive ketones (excluding diaryl/α,β-unsaturated/α-hetero) is 1. The molecular weight excluding hydrogens is 204 g/mol. The first kappa shape index (κ1) is 13.1. The van der Waals surface area contributed by atoms with Crippen LogP contribution in [0, 0.1) is 11.3 Å². The molecule has 1 aliphatic rings. The molecule has 0 spiro atoms. The summed E-state index contributed by atoms with van der Waals surface area (Å²) in [5.74, 6) is 1.16. The van der Waals surface area contributed by atoms with E-state index in [1.807, 2.05) is 11.8 Å². The Balaban J connectivity index is 2.70. The highest BCUT2D eigenvalue weighted by molar-refractivity contribution is 8.00. The van der Waals surface area contributed by atoms with Crippen LogP contribution in [0.2, 0.25) is 0 Å². The van der Waals surface area contributed by atoms with Crippen molar-refractivity contribution in [2.24, 2.45) is 11.3 Å². The van der Waals surface area contributed by atoms with E-state index in [4.69, 9.17) is 0 Å². The summed E-state index contributed by atoms with van der Waals surface area (Å²) in [5, 5.41) is 1.18. The van der Waals surface area contributed by atoms with Crippen molar-refractivity contribution >= 4 is 17.5 Å². The maximum atomic E-state index is 11.5. The Morgan fingerprint density at radius 2 is 1.93 bits per heavy atom. The first-order valence-corrected chi connectivity index (χ1v) is 6.92. The third kappa shape index (κ3) is 3.82. The van der Waals surface area contributed by atoms with E-state index in [0.29, 0.717) is 27.6 Å². The van der Waals surface area contributed by atoms with Crippen LogP contribution >= 0.6 is 11.8 Å². The molecule has 0 aromatic heterocycles. The Kier molecular flexibility index (Phi) is 4.28. The van der Waals surface area contributed by atoms with E-state index in [9.17, 15) is 4.79 Å². The summed E-state index contributed by atoms with van der Waals surface area (Å²) in [6.07, 6.45) is 2.69. The van der Waals surface area contributed by atoms with E-state index < -0.39 is 0 Å². The van der Waals surface area contributed by atoms with E-state index in [2.05, 4.69) is 34.6 Å². The zero-order valence-corrected chi connectivity index (χ0v) is 11.5. The molecule has 0 amide bonds. The zero-order chi connectivity index (χ0) is 11.6. The number of thioether (sulfide) groups is 1. The third-order valence-corrected chi connectivity index (χ3v) is 4.56. The summed E-state index contributed by atoms with van der Waals surface area (Å²) in [5.41, 5.74) is 0.341. The summed E-state index contributed by atoms with van der Waals surface area (Å²) >= 11 is 1.99. The average molecular weight is 228 g/mol. The van der Waals surface area contributed by atoms with Gasteiger partial charge < -0.3 is 0 Å². The van der Waals surface area contributed by atoms with Crippen LogP contribution in [0.4, 0.5) is 0 Å². The van der Waals surface area contributed by atoms with Crippen molar-refractivity contribution in [3.05, 3.63) is 0 Å². The van der Waals surface area contributed by atoms with Gasteiger partial charge in [0.25, 0.3) is 0 Å². The molecule has 0 bridgehead atoms. The quantitative estimate of drug-likeness (QED) is 0.713. The summed E-state index contributed by atoms with van der Waals surface area (Å²) in [4.78, 5) is 11.5. The van der Waals surface area contributed by atoms with Gasteiger partial charge in [-0.05, 0) is 23.0 Å². The highest BCUT2D eigenvalue weighted by atomic mass is 32.2. The summed E-state index contributed by atoms with van der Waals surface area (Å²) in [7, 11) is 0. The molecular formula is C13H24OS. The molecule has 1 saturated carbocycles. The zero-order valence-electron chi connectivity index (χ0n) is 10.7. The smallest absolute Gasteiger partial charge is 0.134 e. The van der Waals surface area contributed by atoms with E-state index >= 15 is 0 Å². The molecule has 1 nitrogen and oxygen atoms in total. The van der Waals surface area contributed by atoms with Gasteiger partial charge >= 0.3 is 0 Å². The molecule has 0 aromatic rings. The van der Waals surface area contributed by atoms with Gasteiger partial charge in [0, 0.05) is 18.1 Å². The van der Waals surface area contributed by atoms with Crippen LogP contribution in [-0.2, 0) is 4.79 Å². The van der Waals surface area contributed by atoms with Crippen LogP contribution in [0.1, 0.15) is 53.9 Å². The topological polar surface area (TPSA) is 17.1 Å². The minimum Gasteiger partial charge on any atom is -0.300 e. The summed E-state index contributed by atoms with van der Waals surface area (Å²) < 4.78 is 0. The molecule has 2 unspecified atom stereocenters. The number of carbonyl (C=O) groups excluding carboxylic acids is 1. The van der Waals surface area contributed by atoms with Crippen molar-refractivity contribution in [3.63, 3.8) is 0 Å². The fourth-order valence-electron chi connectivity index (χ4n) is 2.45. The predicted molar refractivity (Wildman–Crippen MR) is 68.3 cm³/mol. The van der Waals surface area contributed by atoms with Crippen molar-refractivity contribution in [3.8, 4) is 0 Å². The second kappa shape index (κ2) is 4.90. The first-order valence-electron chi connectivity index (χ1n) is 5.98. The van der Waals surface area contributed by atoms with Gasteiger partial charge in [0.1, 0.15) is 5.78 Å². The largest absolute Gasteiger partial charge is 0.300 e. The monoisotopic (exact) mass is 228 g/mol.